The van der Waals surface area contributed by atoms with E-state index >= 15 is 0 Å². The zero-order chi connectivity index (χ0) is 29.6. The molecular formula is C33H35ClN6O2. The molecule has 2 N–H and O–H groups in total. The van der Waals surface area contributed by atoms with E-state index in [0.717, 1.165) is 81.2 Å². The third kappa shape index (κ3) is 4.27. The lowest BCUT2D eigenvalue weighted by Gasteiger charge is -2.58. The Labute approximate surface area is 249 Å². The minimum absolute atomic E-state index is 0.00825. The van der Waals surface area contributed by atoms with Gasteiger partial charge in [0, 0.05) is 64.1 Å². The van der Waals surface area contributed by atoms with Crippen LogP contribution < -0.4 is 0 Å². The SMILES string of the molecule is C=CC(=O)N1CC2(CC(n3nc(-c4ccc5cn(CC(C)(C)O)cc5c4)c(-c4c(Cl)c(C)cc5[nH]ncc45)c3C)C2)C1. The summed E-state index contributed by atoms with van der Waals surface area (Å²) in [5.41, 5.74) is 6.20. The number of hydrogen-bond donors (Lipinski definition) is 2. The van der Waals surface area contributed by atoms with E-state index in [-0.39, 0.29) is 17.4 Å². The maximum Gasteiger partial charge on any atom is 0.245 e. The molecular weight excluding hydrogens is 548 g/mol. The lowest BCUT2D eigenvalue weighted by Crippen LogP contribution is -2.63. The van der Waals surface area contributed by atoms with Gasteiger partial charge in [0.05, 0.1) is 34.9 Å². The molecule has 0 bridgehead atoms. The molecule has 5 aromatic rings. The maximum atomic E-state index is 12.1. The Bertz CT molecular complexity index is 1890. The predicted octanol–water partition coefficient (Wildman–Crippen LogP) is 6.44. The van der Waals surface area contributed by atoms with Gasteiger partial charge in [-0.05, 0) is 69.7 Å². The summed E-state index contributed by atoms with van der Waals surface area (Å²) >= 11 is 7.08. The Morgan fingerprint density at radius 3 is 2.64 bits per heavy atom. The fraction of sp³-hybridized carbons (Fsp3) is 0.364. The van der Waals surface area contributed by atoms with Crippen molar-refractivity contribution in [3.8, 4) is 22.4 Å². The van der Waals surface area contributed by atoms with Gasteiger partial charge < -0.3 is 14.6 Å². The standard InChI is InChI=1S/C33H35ClN6O2/c1-6-27(41)39-17-33(18-39)11-24(12-33)40-20(3)28(29-25-13-35-36-26(25)9-19(2)30(29)34)31(37-40)21-7-8-22-14-38(15-23(22)10-21)16-32(4,5)42/h6-10,13-15,24,42H,1,11-12,16-18H2,2-5H3,(H,35,36). The summed E-state index contributed by atoms with van der Waals surface area (Å²) in [6.45, 7) is 13.5. The van der Waals surface area contributed by atoms with Crippen LogP contribution in [0.1, 0.15) is 44.0 Å². The van der Waals surface area contributed by atoms with Crippen LogP contribution in [0, 0.1) is 19.3 Å². The van der Waals surface area contributed by atoms with Crippen LogP contribution >= 0.6 is 11.6 Å². The molecule has 0 atom stereocenters. The molecule has 4 heterocycles. The molecule has 1 saturated heterocycles. The number of benzene rings is 2. The Kier molecular flexibility index (Phi) is 5.98. The van der Waals surface area contributed by atoms with Gasteiger partial charge in [0.25, 0.3) is 0 Å². The van der Waals surface area contributed by atoms with Gasteiger partial charge in [0.15, 0.2) is 0 Å². The van der Waals surface area contributed by atoms with Crippen molar-refractivity contribution in [3.63, 3.8) is 0 Å². The molecule has 216 valence electrons. The molecule has 8 nitrogen and oxygen atoms in total. The van der Waals surface area contributed by atoms with Crippen LogP contribution in [0.2, 0.25) is 5.02 Å². The van der Waals surface area contributed by atoms with Crippen LogP contribution in [0.3, 0.4) is 0 Å². The minimum atomic E-state index is -0.810. The van der Waals surface area contributed by atoms with Gasteiger partial charge in [-0.25, -0.2) is 0 Å². The fourth-order valence-corrected chi connectivity index (χ4v) is 7.37. The minimum Gasteiger partial charge on any atom is -0.389 e. The molecule has 1 spiro atoms. The van der Waals surface area contributed by atoms with Crippen LogP contribution in [0.5, 0.6) is 0 Å². The number of carbonyl (C=O) groups is 1. The molecule has 2 aromatic carbocycles. The second-order valence-electron chi connectivity index (χ2n) is 13.0. The monoisotopic (exact) mass is 582 g/mol. The second-order valence-corrected chi connectivity index (χ2v) is 13.4. The number of aryl methyl sites for hydroxylation is 1. The van der Waals surface area contributed by atoms with E-state index in [1.165, 1.54) is 6.08 Å². The van der Waals surface area contributed by atoms with Crippen LogP contribution in [-0.2, 0) is 11.3 Å². The van der Waals surface area contributed by atoms with Crippen molar-refractivity contribution in [1.82, 2.24) is 29.4 Å². The van der Waals surface area contributed by atoms with Gasteiger partial charge in [0.1, 0.15) is 5.69 Å². The highest BCUT2D eigenvalue weighted by Gasteiger charge is 2.54. The molecule has 42 heavy (non-hydrogen) atoms. The summed E-state index contributed by atoms with van der Waals surface area (Å²) in [5, 5.41) is 27.0. The van der Waals surface area contributed by atoms with Crippen molar-refractivity contribution >= 4 is 39.2 Å². The number of aromatic amines is 1. The number of halogens is 1. The predicted molar refractivity (Wildman–Crippen MR) is 167 cm³/mol. The van der Waals surface area contributed by atoms with Crippen molar-refractivity contribution in [2.45, 2.75) is 58.7 Å². The lowest BCUT2D eigenvalue weighted by molar-refractivity contribution is -0.149. The number of aliphatic hydroxyl groups is 1. The molecule has 1 aliphatic carbocycles. The number of amides is 1. The second kappa shape index (κ2) is 9.31. The van der Waals surface area contributed by atoms with Gasteiger partial charge in [-0.3, -0.25) is 14.6 Å². The maximum absolute atomic E-state index is 12.1. The average molecular weight is 583 g/mol. The van der Waals surface area contributed by atoms with Gasteiger partial charge >= 0.3 is 0 Å². The molecule has 0 radical (unpaired) electrons. The largest absolute Gasteiger partial charge is 0.389 e. The highest BCUT2D eigenvalue weighted by Crippen LogP contribution is 2.55. The van der Waals surface area contributed by atoms with E-state index in [9.17, 15) is 9.90 Å². The number of hydrogen-bond acceptors (Lipinski definition) is 4. The summed E-state index contributed by atoms with van der Waals surface area (Å²) in [7, 11) is 0. The number of nitrogens with zero attached hydrogens (tertiary/aromatic N) is 5. The van der Waals surface area contributed by atoms with Crippen molar-refractivity contribution in [2.24, 2.45) is 5.41 Å². The zero-order valence-corrected chi connectivity index (χ0v) is 25.2. The fourth-order valence-electron chi connectivity index (χ4n) is 7.12. The molecule has 1 amide bonds. The number of aromatic nitrogens is 5. The Hall–Kier alpha value is -3.88. The molecule has 3 aromatic heterocycles. The van der Waals surface area contributed by atoms with Crippen LogP contribution in [0.15, 0.2) is 55.5 Å². The highest BCUT2D eigenvalue weighted by molar-refractivity contribution is 6.36. The number of nitrogens with one attached hydrogen (secondary N) is 1. The van der Waals surface area contributed by atoms with Gasteiger partial charge in [-0.2, -0.15) is 10.2 Å². The molecule has 7 rings (SSSR count). The van der Waals surface area contributed by atoms with E-state index in [1.807, 2.05) is 42.5 Å². The molecule has 1 saturated carbocycles. The first kappa shape index (κ1) is 27.0. The summed E-state index contributed by atoms with van der Waals surface area (Å²) in [4.78, 5) is 13.9. The number of H-pyrrole nitrogens is 1. The molecule has 9 heteroatoms. The molecule has 2 aliphatic rings. The third-order valence-electron chi connectivity index (χ3n) is 9.03. The summed E-state index contributed by atoms with van der Waals surface area (Å²) in [5.74, 6) is 0.00825. The normalized spacial score (nSPS) is 16.8. The Balaban J connectivity index is 1.34. The van der Waals surface area contributed by atoms with Gasteiger partial charge in [-0.1, -0.05) is 30.3 Å². The smallest absolute Gasteiger partial charge is 0.245 e. The zero-order valence-electron chi connectivity index (χ0n) is 24.4. The first-order chi connectivity index (χ1) is 19.9. The Morgan fingerprint density at radius 1 is 1.19 bits per heavy atom. The van der Waals surface area contributed by atoms with E-state index in [1.54, 1.807) is 0 Å². The highest BCUT2D eigenvalue weighted by atomic mass is 35.5. The van der Waals surface area contributed by atoms with E-state index in [4.69, 9.17) is 16.7 Å². The first-order valence-corrected chi connectivity index (χ1v) is 14.8. The molecule has 1 aliphatic heterocycles. The van der Waals surface area contributed by atoms with Crippen LogP contribution in [0.25, 0.3) is 44.1 Å². The number of rotatable bonds is 6. The quantitative estimate of drug-likeness (QED) is 0.225. The first-order valence-electron chi connectivity index (χ1n) is 14.4. The summed E-state index contributed by atoms with van der Waals surface area (Å²) in [6.07, 6.45) is 9.36. The molecule has 2 fully saturated rings. The van der Waals surface area contributed by atoms with Crippen molar-refractivity contribution in [1.29, 1.82) is 0 Å². The third-order valence-corrected chi connectivity index (χ3v) is 9.51. The van der Waals surface area contributed by atoms with Gasteiger partial charge in [0.2, 0.25) is 5.91 Å². The number of fused-ring (bicyclic) bond motifs is 2. The molecule has 0 unspecified atom stereocenters. The van der Waals surface area contributed by atoms with E-state index in [2.05, 4.69) is 59.0 Å². The van der Waals surface area contributed by atoms with Crippen LogP contribution in [-0.4, -0.2) is 59.1 Å². The van der Waals surface area contributed by atoms with Crippen molar-refractivity contribution in [3.05, 3.63) is 71.8 Å². The lowest BCUT2D eigenvalue weighted by atomic mass is 9.60. The average Bonchev–Trinajstić information content (AvgIpc) is 3.59. The van der Waals surface area contributed by atoms with E-state index in [0.29, 0.717) is 11.6 Å². The topological polar surface area (TPSA) is 92.0 Å². The van der Waals surface area contributed by atoms with Crippen molar-refractivity contribution < 1.29 is 9.90 Å². The van der Waals surface area contributed by atoms with Crippen molar-refractivity contribution in [2.75, 3.05) is 13.1 Å². The van der Waals surface area contributed by atoms with Gasteiger partial charge in [-0.15, -0.1) is 0 Å². The number of carbonyl (C=O) groups excluding carboxylic acids is 1. The van der Waals surface area contributed by atoms with Crippen LogP contribution in [0.4, 0.5) is 0 Å². The Morgan fingerprint density at radius 2 is 1.93 bits per heavy atom. The van der Waals surface area contributed by atoms with E-state index < -0.39 is 5.60 Å². The summed E-state index contributed by atoms with van der Waals surface area (Å²) < 4.78 is 4.22. The summed E-state index contributed by atoms with van der Waals surface area (Å²) in [6, 6.07) is 8.70. The number of likely N-dealkylation sites (tertiary alicyclic amines) is 1.